The zero-order valence-corrected chi connectivity index (χ0v) is 23.6. The molecule has 1 aliphatic carbocycles. The Bertz CT molecular complexity index is 1640. The summed E-state index contributed by atoms with van der Waals surface area (Å²) in [5.74, 6) is -0.910. The van der Waals surface area contributed by atoms with E-state index in [0.29, 0.717) is 28.2 Å². The first kappa shape index (κ1) is 29.9. The standard InChI is InChI=1S/C30H31F3N8O2/c1-30(2,43)26(31)16-38-29(42)22-15-35-24(25-8-7-21-9-17(11-34)12-39-41(21)25)10-23(22)40-20-5-3-18(4-6-20)19-13-36-28(27(32)33)37-14-19/h7-10,12-15,18,20,26-27,43H,3-6,16H2,1-2H3,(H,35,40)(H,38,42). The zero-order chi connectivity index (χ0) is 30.7. The number of nitriles is 1. The van der Waals surface area contributed by atoms with Gasteiger partial charge >= 0.3 is 0 Å². The fourth-order valence-electron chi connectivity index (χ4n) is 5.14. The maximum absolute atomic E-state index is 14.4. The van der Waals surface area contributed by atoms with Crippen LogP contribution < -0.4 is 10.6 Å². The highest BCUT2D eigenvalue weighted by molar-refractivity contribution is 6.00. The van der Waals surface area contributed by atoms with E-state index in [1.165, 1.54) is 38.6 Å². The minimum absolute atomic E-state index is 0.00928. The molecule has 0 radical (unpaired) electrons. The predicted molar refractivity (Wildman–Crippen MR) is 152 cm³/mol. The van der Waals surface area contributed by atoms with Crippen LogP contribution in [0, 0.1) is 11.3 Å². The summed E-state index contributed by atoms with van der Waals surface area (Å²) < 4.78 is 41.7. The maximum Gasteiger partial charge on any atom is 0.297 e. The van der Waals surface area contributed by atoms with Crippen LogP contribution in [0.25, 0.3) is 16.9 Å². The highest BCUT2D eigenvalue weighted by Gasteiger charge is 2.28. The molecule has 43 heavy (non-hydrogen) atoms. The minimum atomic E-state index is -2.72. The molecule has 0 bridgehead atoms. The number of carbonyl (C=O) groups excluding carboxylic acids is 1. The Morgan fingerprint density at radius 2 is 1.81 bits per heavy atom. The molecule has 4 aromatic rings. The van der Waals surface area contributed by atoms with Crippen molar-refractivity contribution in [2.45, 2.75) is 69.7 Å². The van der Waals surface area contributed by atoms with Crippen LogP contribution in [0.3, 0.4) is 0 Å². The van der Waals surface area contributed by atoms with Crippen molar-refractivity contribution in [3.05, 3.63) is 71.6 Å². The summed E-state index contributed by atoms with van der Waals surface area (Å²) in [5.41, 5.74) is 2.21. The van der Waals surface area contributed by atoms with Crippen molar-refractivity contribution in [2.24, 2.45) is 0 Å². The van der Waals surface area contributed by atoms with Crippen molar-refractivity contribution in [2.75, 3.05) is 11.9 Å². The second-order valence-corrected chi connectivity index (χ2v) is 11.2. The maximum atomic E-state index is 14.4. The number of hydrogen-bond donors (Lipinski definition) is 3. The lowest BCUT2D eigenvalue weighted by Crippen LogP contribution is -2.42. The smallest absolute Gasteiger partial charge is 0.297 e. The fraction of sp³-hybridized carbons (Fsp3) is 0.400. The molecule has 1 saturated carbocycles. The van der Waals surface area contributed by atoms with Crippen molar-refractivity contribution in [1.29, 1.82) is 5.26 Å². The van der Waals surface area contributed by atoms with Gasteiger partial charge in [-0.25, -0.2) is 27.7 Å². The number of halogens is 3. The number of anilines is 1. The topological polar surface area (TPSA) is 141 Å². The van der Waals surface area contributed by atoms with E-state index in [4.69, 9.17) is 0 Å². The Labute approximate surface area is 246 Å². The van der Waals surface area contributed by atoms with Crippen molar-refractivity contribution in [3.8, 4) is 17.5 Å². The number of fused-ring (bicyclic) bond motifs is 1. The van der Waals surface area contributed by atoms with Crippen molar-refractivity contribution >= 4 is 17.1 Å². The van der Waals surface area contributed by atoms with Gasteiger partial charge in [-0.05, 0) is 75.3 Å². The summed E-state index contributed by atoms with van der Waals surface area (Å²) in [7, 11) is 0. The molecule has 4 aromatic heterocycles. The van der Waals surface area contributed by atoms with Crippen molar-refractivity contribution < 1.29 is 23.1 Å². The number of rotatable bonds is 9. The highest BCUT2D eigenvalue weighted by atomic mass is 19.3. The second kappa shape index (κ2) is 12.3. The van der Waals surface area contributed by atoms with E-state index >= 15 is 0 Å². The van der Waals surface area contributed by atoms with Gasteiger partial charge in [0.25, 0.3) is 12.3 Å². The Morgan fingerprint density at radius 3 is 2.47 bits per heavy atom. The van der Waals surface area contributed by atoms with Gasteiger partial charge in [0, 0.05) is 24.6 Å². The average molecular weight is 593 g/mol. The van der Waals surface area contributed by atoms with Gasteiger partial charge < -0.3 is 15.7 Å². The first-order valence-corrected chi connectivity index (χ1v) is 13.9. The molecule has 1 amide bonds. The zero-order valence-electron chi connectivity index (χ0n) is 23.6. The molecule has 13 heteroatoms. The van der Waals surface area contributed by atoms with E-state index < -0.39 is 29.9 Å². The predicted octanol–water partition coefficient (Wildman–Crippen LogP) is 4.97. The second-order valence-electron chi connectivity index (χ2n) is 11.2. The lowest BCUT2D eigenvalue weighted by atomic mass is 9.82. The molecule has 0 spiro atoms. The Balaban J connectivity index is 1.37. The summed E-state index contributed by atoms with van der Waals surface area (Å²) >= 11 is 0. The van der Waals surface area contributed by atoms with Crippen LogP contribution in [0.15, 0.2) is 49.1 Å². The average Bonchev–Trinajstić information content (AvgIpc) is 3.43. The monoisotopic (exact) mass is 592 g/mol. The summed E-state index contributed by atoms with van der Waals surface area (Å²) in [4.78, 5) is 25.3. The Kier molecular flexibility index (Phi) is 8.59. The van der Waals surface area contributed by atoms with Crippen LogP contribution in [0.4, 0.5) is 18.9 Å². The van der Waals surface area contributed by atoms with E-state index in [1.807, 2.05) is 12.1 Å². The molecule has 224 valence electrons. The molecule has 4 heterocycles. The molecule has 5 rings (SSSR count). The van der Waals surface area contributed by atoms with Crippen LogP contribution in [0.2, 0.25) is 0 Å². The summed E-state index contributed by atoms with van der Waals surface area (Å²) in [6.07, 6.45) is 4.40. The van der Waals surface area contributed by atoms with E-state index in [1.54, 1.807) is 16.6 Å². The molecule has 0 saturated heterocycles. The number of hydrogen-bond acceptors (Lipinski definition) is 8. The van der Waals surface area contributed by atoms with Gasteiger partial charge in [0.15, 0.2) is 5.82 Å². The lowest BCUT2D eigenvalue weighted by Gasteiger charge is -2.30. The normalized spacial score (nSPS) is 17.9. The fourth-order valence-corrected chi connectivity index (χ4v) is 5.14. The van der Waals surface area contributed by atoms with Crippen LogP contribution in [0.5, 0.6) is 0 Å². The number of amides is 1. The van der Waals surface area contributed by atoms with Gasteiger partial charge in [0.1, 0.15) is 12.2 Å². The van der Waals surface area contributed by atoms with Crippen LogP contribution in [-0.4, -0.2) is 59.9 Å². The van der Waals surface area contributed by atoms with Gasteiger partial charge in [0.05, 0.1) is 52.1 Å². The molecular formula is C30H31F3N8O2. The number of nitrogens with zero attached hydrogens (tertiary/aromatic N) is 6. The van der Waals surface area contributed by atoms with Crippen molar-refractivity contribution in [3.63, 3.8) is 0 Å². The van der Waals surface area contributed by atoms with E-state index in [9.17, 15) is 28.3 Å². The molecule has 0 aromatic carbocycles. The molecule has 3 N–H and O–H groups in total. The third kappa shape index (κ3) is 6.75. The first-order chi connectivity index (χ1) is 20.5. The summed E-state index contributed by atoms with van der Waals surface area (Å²) in [5, 5.41) is 29.5. The van der Waals surface area contributed by atoms with Gasteiger partial charge in [-0.1, -0.05) is 0 Å². The highest BCUT2D eigenvalue weighted by Crippen LogP contribution is 2.35. The molecule has 1 fully saturated rings. The number of aliphatic hydroxyl groups is 1. The molecule has 1 unspecified atom stereocenters. The number of alkyl halides is 3. The van der Waals surface area contributed by atoms with Crippen molar-refractivity contribution in [1.82, 2.24) is 29.9 Å². The molecule has 10 nitrogen and oxygen atoms in total. The number of nitrogens with one attached hydrogen (secondary N) is 2. The lowest BCUT2D eigenvalue weighted by molar-refractivity contribution is -0.00177. The molecular weight excluding hydrogens is 561 g/mol. The number of carbonyl (C=O) groups is 1. The van der Waals surface area contributed by atoms with Gasteiger partial charge in [-0.15, -0.1) is 0 Å². The van der Waals surface area contributed by atoms with E-state index in [2.05, 4.69) is 36.8 Å². The van der Waals surface area contributed by atoms with E-state index in [-0.39, 0.29) is 24.1 Å². The quantitative estimate of drug-likeness (QED) is 0.247. The van der Waals surface area contributed by atoms with Gasteiger partial charge in [-0.3, -0.25) is 9.78 Å². The van der Waals surface area contributed by atoms with Gasteiger partial charge in [0.2, 0.25) is 0 Å². The third-order valence-electron chi connectivity index (χ3n) is 7.69. The summed E-state index contributed by atoms with van der Waals surface area (Å²) in [6.45, 7) is 2.28. The van der Waals surface area contributed by atoms with Crippen LogP contribution >= 0.6 is 0 Å². The van der Waals surface area contributed by atoms with Crippen LogP contribution in [-0.2, 0) is 0 Å². The Hall–Kier alpha value is -4.57. The first-order valence-electron chi connectivity index (χ1n) is 13.9. The summed E-state index contributed by atoms with van der Waals surface area (Å²) in [6, 6.07) is 9.14. The van der Waals surface area contributed by atoms with E-state index in [0.717, 1.165) is 31.2 Å². The van der Waals surface area contributed by atoms with Gasteiger partial charge in [-0.2, -0.15) is 10.4 Å². The minimum Gasteiger partial charge on any atom is -0.387 e. The molecule has 1 atom stereocenters. The number of aromatic nitrogens is 5. The molecule has 1 aliphatic rings. The largest absolute Gasteiger partial charge is 0.387 e. The van der Waals surface area contributed by atoms with Crippen LogP contribution in [0.1, 0.15) is 79.2 Å². The third-order valence-corrected chi connectivity index (χ3v) is 7.69. The SMILES string of the molecule is CC(C)(O)C(F)CNC(=O)c1cnc(-c2ccc3cc(C#N)cnn23)cc1NC1CCC(c2cnc(C(F)F)nc2)CC1. The molecule has 0 aliphatic heterocycles. The Morgan fingerprint density at radius 1 is 1.09 bits per heavy atom. The number of pyridine rings is 1.